The van der Waals surface area contributed by atoms with Crippen molar-refractivity contribution in [2.24, 2.45) is 5.41 Å². The van der Waals surface area contributed by atoms with Gasteiger partial charge < -0.3 is 9.47 Å². The summed E-state index contributed by atoms with van der Waals surface area (Å²) in [7, 11) is 1.37. The Morgan fingerprint density at radius 3 is 2.50 bits per heavy atom. The van der Waals surface area contributed by atoms with Crippen molar-refractivity contribution in [3.05, 3.63) is 22.7 Å². The maximum atomic E-state index is 12.0. The first-order valence-corrected chi connectivity index (χ1v) is 5.26. The zero-order chi connectivity index (χ0) is 13.5. The first-order chi connectivity index (χ1) is 8.37. The molecule has 96 valence electrons. The van der Waals surface area contributed by atoms with Crippen LogP contribution in [0.25, 0.3) is 0 Å². The van der Waals surface area contributed by atoms with Crippen LogP contribution in [0.4, 0.5) is 0 Å². The Bertz CT molecular complexity index is 575. The number of esters is 1. The van der Waals surface area contributed by atoms with Crippen LogP contribution >= 0.6 is 0 Å². The minimum absolute atomic E-state index is 0.132. The van der Waals surface area contributed by atoms with E-state index in [1.54, 1.807) is 0 Å². The molecule has 18 heavy (non-hydrogen) atoms. The van der Waals surface area contributed by atoms with Crippen LogP contribution in [0.2, 0.25) is 0 Å². The minimum Gasteiger partial charge on any atom is -0.481 e. The molecule has 0 radical (unpaired) electrons. The van der Waals surface area contributed by atoms with Crippen molar-refractivity contribution in [3.8, 4) is 5.88 Å². The summed E-state index contributed by atoms with van der Waals surface area (Å²) in [5.41, 5.74) is -1.96. The SMILES string of the molecule is COc1ccn(C2OC(=O)C(C)(C)C2=O)c(=O)n1. The predicted octanol–water partition coefficient (Wildman–Crippen LogP) is -0.0974. The molecular formula is C11H12N2O5. The maximum Gasteiger partial charge on any atom is 0.354 e. The van der Waals surface area contributed by atoms with E-state index in [0.717, 1.165) is 4.57 Å². The topological polar surface area (TPSA) is 87.5 Å². The molecule has 0 aliphatic carbocycles. The number of cyclic esters (lactones) is 1. The standard InChI is InChI=1S/C11H12N2O5/c1-11(2)7(14)8(18-9(11)15)13-5-4-6(17-3)12-10(13)16/h4-5,8H,1-3H3. The number of Topliss-reactive ketones (excluding diaryl/α,β-unsaturated/α-hetero) is 1. The average Bonchev–Trinajstić information content (AvgIpc) is 2.53. The Labute approximate surface area is 102 Å². The van der Waals surface area contributed by atoms with Crippen LogP contribution in [-0.4, -0.2) is 28.4 Å². The van der Waals surface area contributed by atoms with Gasteiger partial charge in [0, 0.05) is 12.3 Å². The zero-order valence-electron chi connectivity index (χ0n) is 10.2. The van der Waals surface area contributed by atoms with Crippen molar-refractivity contribution in [2.45, 2.75) is 20.1 Å². The highest BCUT2D eigenvalue weighted by Crippen LogP contribution is 2.34. The molecule has 1 aromatic heterocycles. The molecule has 0 bridgehead atoms. The third-order valence-corrected chi connectivity index (χ3v) is 2.84. The quantitative estimate of drug-likeness (QED) is 0.539. The van der Waals surface area contributed by atoms with Gasteiger partial charge in [0.15, 0.2) is 0 Å². The third kappa shape index (κ3) is 1.68. The maximum absolute atomic E-state index is 12.0. The summed E-state index contributed by atoms with van der Waals surface area (Å²) in [5.74, 6) is -0.992. The number of carbonyl (C=O) groups is 2. The average molecular weight is 252 g/mol. The molecule has 0 aromatic carbocycles. The van der Waals surface area contributed by atoms with Crippen LogP contribution in [0.15, 0.2) is 17.1 Å². The number of hydrogen-bond donors (Lipinski definition) is 0. The van der Waals surface area contributed by atoms with Gasteiger partial charge in [0.05, 0.1) is 7.11 Å². The fourth-order valence-electron chi connectivity index (χ4n) is 1.58. The van der Waals surface area contributed by atoms with Crippen molar-refractivity contribution in [1.29, 1.82) is 0 Å². The van der Waals surface area contributed by atoms with Gasteiger partial charge in [-0.1, -0.05) is 0 Å². The van der Waals surface area contributed by atoms with Crippen molar-refractivity contribution in [2.75, 3.05) is 7.11 Å². The van der Waals surface area contributed by atoms with Crippen LogP contribution in [-0.2, 0) is 14.3 Å². The van der Waals surface area contributed by atoms with Gasteiger partial charge in [0.1, 0.15) is 5.41 Å². The van der Waals surface area contributed by atoms with E-state index in [0.29, 0.717) is 0 Å². The fourth-order valence-corrected chi connectivity index (χ4v) is 1.58. The highest BCUT2D eigenvalue weighted by Gasteiger charge is 2.51. The molecule has 1 saturated heterocycles. The van der Waals surface area contributed by atoms with Gasteiger partial charge in [-0.3, -0.25) is 14.2 Å². The van der Waals surface area contributed by atoms with Crippen LogP contribution in [0.3, 0.4) is 0 Å². The summed E-state index contributed by atoms with van der Waals surface area (Å²) >= 11 is 0. The minimum atomic E-state index is -1.25. The molecule has 2 rings (SSSR count). The number of nitrogens with zero attached hydrogens (tertiary/aromatic N) is 2. The summed E-state index contributed by atoms with van der Waals surface area (Å²) in [6.07, 6.45) is 0.0595. The van der Waals surface area contributed by atoms with Gasteiger partial charge in [0.25, 0.3) is 0 Å². The van der Waals surface area contributed by atoms with Gasteiger partial charge in [-0.15, -0.1) is 0 Å². The lowest BCUT2D eigenvalue weighted by molar-refractivity contribution is -0.150. The van der Waals surface area contributed by atoms with E-state index in [1.165, 1.54) is 33.2 Å². The molecule has 2 heterocycles. The highest BCUT2D eigenvalue weighted by atomic mass is 16.6. The summed E-state index contributed by atoms with van der Waals surface area (Å²) in [6, 6.07) is 1.41. The molecular weight excluding hydrogens is 240 g/mol. The van der Waals surface area contributed by atoms with E-state index < -0.39 is 29.1 Å². The van der Waals surface area contributed by atoms with Crippen molar-refractivity contribution < 1.29 is 19.1 Å². The summed E-state index contributed by atoms with van der Waals surface area (Å²) in [6.45, 7) is 2.92. The molecule has 0 N–H and O–H groups in total. The summed E-state index contributed by atoms with van der Waals surface area (Å²) < 4.78 is 10.7. The van der Waals surface area contributed by atoms with Crippen LogP contribution in [0.1, 0.15) is 20.1 Å². The van der Waals surface area contributed by atoms with Gasteiger partial charge in [-0.2, -0.15) is 4.98 Å². The Morgan fingerprint density at radius 2 is 2.06 bits per heavy atom. The van der Waals surface area contributed by atoms with E-state index in [1.807, 2.05) is 0 Å². The van der Waals surface area contributed by atoms with Crippen molar-refractivity contribution in [1.82, 2.24) is 9.55 Å². The number of carbonyl (C=O) groups excluding carboxylic acids is 2. The Kier molecular flexibility index (Phi) is 2.68. The number of ketones is 1. The second-order valence-corrected chi connectivity index (χ2v) is 4.41. The molecule has 7 heteroatoms. The van der Waals surface area contributed by atoms with E-state index in [4.69, 9.17) is 9.47 Å². The van der Waals surface area contributed by atoms with Gasteiger partial charge in [-0.05, 0) is 13.8 Å². The smallest absolute Gasteiger partial charge is 0.354 e. The van der Waals surface area contributed by atoms with Crippen LogP contribution in [0, 0.1) is 5.41 Å². The number of methoxy groups -OCH3 is 1. The number of hydrogen-bond acceptors (Lipinski definition) is 6. The number of aromatic nitrogens is 2. The summed E-state index contributed by atoms with van der Waals surface area (Å²) in [5, 5.41) is 0. The second-order valence-electron chi connectivity index (χ2n) is 4.41. The van der Waals surface area contributed by atoms with Gasteiger partial charge >= 0.3 is 11.7 Å². The Hall–Kier alpha value is -2.18. The predicted molar refractivity (Wildman–Crippen MR) is 59.0 cm³/mol. The Morgan fingerprint density at radius 1 is 1.39 bits per heavy atom. The normalized spacial score (nSPS) is 21.8. The van der Waals surface area contributed by atoms with E-state index in [-0.39, 0.29) is 5.88 Å². The Balaban J connectivity index is 2.43. The molecule has 1 fully saturated rings. The van der Waals surface area contributed by atoms with Crippen LogP contribution < -0.4 is 10.4 Å². The van der Waals surface area contributed by atoms with E-state index >= 15 is 0 Å². The monoisotopic (exact) mass is 252 g/mol. The van der Waals surface area contributed by atoms with Crippen molar-refractivity contribution >= 4 is 11.8 Å². The summed E-state index contributed by atoms with van der Waals surface area (Å²) in [4.78, 5) is 38.8. The third-order valence-electron chi connectivity index (χ3n) is 2.84. The molecule has 1 aromatic rings. The van der Waals surface area contributed by atoms with Crippen molar-refractivity contribution in [3.63, 3.8) is 0 Å². The second kappa shape index (κ2) is 3.94. The molecule has 1 aliphatic heterocycles. The first kappa shape index (κ1) is 12.3. The lowest BCUT2D eigenvalue weighted by Gasteiger charge is -2.12. The fraction of sp³-hybridized carbons (Fsp3) is 0.455. The molecule has 7 nitrogen and oxygen atoms in total. The van der Waals surface area contributed by atoms with Gasteiger partial charge in [0.2, 0.25) is 17.9 Å². The molecule has 1 aliphatic rings. The van der Waals surface area contributed by atoms with E-state index in [9.17, 15) is 14.4 Å². The lowest BCUT2D eigenvalue weighted by Crippen LogP contribution is -2.32. The molecule has 1 unspecified atom stereocenters. The molecule has 0 saturated carbocycles. The van der Waals surface area contributed by atoms with E-state index in [2.05, 4.69) is 4.98 Å². The number of ether oxygens (including phenoxy) is 2. The molecule has 0 amide bonds. The zero-order valence-corrected chi connectivity index (χ0v) is 10.2. The molecule has 1 atom stereocenters. The largest absolute Gasteiger partial charge is 0.481 e. The highest BCUT2D eigenvalue weighted by molar-refractivity contribution is 6.08. The van der Waals surface area contributed by atoms with Gasteiger partial charge in [-0.25, -0.2) is 4.79 Å². The lowest BCUT2D eigenvalue weighted by atomic mass is 9.90. The van der Waals surface area contributed by atoms with Crippen LogP contribution in [0.5, 0.6) is 5.88 Å². The number of rotatable bonds is 2. The first-order valence-electron chi connectivity index (χ1n) is 5.26. The molecule has 0 spiro atoms.